The van der Waals surface area contributed by atoms with Gasteiger partial charge in [-0.3, -0.25) is 0 Å². The summed E-state index contributed by atoms with van der Waals surface area (Å²) in [5, 5.41) is 1.21. The van der Waals surface area contributed by atoms with Crippen molar-refractivity contribution in [1.82, 2.24) is 0 Å². The minimum Gasteiger partial charge on any atom is -0.213 e. The second-order valence-electron chi connectivity index (χ2n) is 1.04. The van der Waals surface area contributed by atoms with Gasteiger partial charge in [-0.05, 0) is 12.7 Å². The summed E-state index contributed by atoms with van der Waals surface area (Å²) in [6.07, 6.45) is 3.10. The number of nitrogens with zero attached hydrogens (tertiary/aromatic N) is 1. The van der Waals surface area contributed by atoms with Crippen LogP contribution in [-0.4, -0.2) is 11.3 Å². The van der Waals surface area contributed by atoms with Gasteiger partial charge in [0.15, 0.2) is 0 Å². The van der Waals surface area contributed by atoms with Crippen LogP contribution in [0.1, 0.15) is 13.3 Å². The molecule has 0 fully saturated rings. The quantitative estimate of drug-likeness (QED) is 0.382. The van der Waals surface area contributed by atoms with Gasteiger partial charge in [0, 0.05) is 0 Å². The van der Waals surface area contributed by atoms with Gasteiger partial charge in [-0.25, -0.2) is 3.21 Å². The summed E-state index contributed by atoms with van der Waals surface area (Å²) in [7, 11) is 0. The van der Waals surface area contributed by atoms with Crippen LogP contribution in [0.2, 0.25) is 0 Å². The van der Waals surface area contributed by atoms with Gasteiger partial charge in [-0.2, -0.15) is 0 Å². The van der Waals surface area contributed by atoms with Gasteiger partial charge in [0.25, 0.3) is 0 Å². The average Bonchev–Trinajstić information content (AvgIpc) is 1.72. The first-order valence-corrected chi connectivity index (χ1v) is 4.26. The summed E-state index contributed by atoms with van der Waals surface area (Å²) < 4.78 is 3.97. The van der Waals surface area contributed by atoms with Crippen molar-refractivity contribution < 1.29 is 0 Å². The smallest absolute Gasteiger partial charge is 0.0840 e. The molecule has 0 amide bonds. The highest BCUT2D eigenvalue weighted by Crippen LogP contribution is 2.04. The number of thioether (sulfide) groups is 1. The number of hydrogen-bond acceptors (Lipinski definition) is 2. The first-order chi connectivity index (χ1) is 3.35. The topological polar surface area (TPSA) is 12.4 Å². The van der Waals surface area contributed by atoms with E-state index < -0.39 is 0 Å². The van der Waals surface area contributed by atoms with E-state index in [1.54, 1.807) is 11.8 Å². The van der Waals surface area contributed by atoms with E-state index in [1.165, 1.54) is 5.04 Å². The molecule has 0 bridgehead atoms. The number of rotatable bonds is 1. The predicted octanol–water partition coefficient (Wildman–Crippen LogP) is 2.51. The molecular formula is C4H8INS. The third kappa shape index (κ3) is 3.34. The largest absolute Gasteiger partial charge is 0.213 e. The zero-order valence-corrected chi connectivity index (χ0v) is 7.41. The van der Waals surface area contributed by atoms with Gasteiger partial charge < -0.3 is 0 Å². The zero-order valence-electron chi connectivity index (χ0n) is 4.44. The van der Waals surface area contributed by atoms with Crippen molar-refractivity contribution in [3.8, 4) is 0 Å². The first-order valence-electron chi connectivity index (χ1n) is 2.07. The van der Waals surface area contributed by atoms with Crippen LogP contribution in [0.4, 0.5) is 0 Å². The molecule has 0 aromatic rings. The Balaban J connectivity index is 3.38. The third-order valence-electron chi connectivity index (χ3n) is 0.632. The second-order valence-corrected chi connectivity index (χ2v) is 2.40. The molecular weight excluding hydrogens is 221 g/mol. The van der Waals surface area contributed by atoms with E-state index in [0.717, 1.165) is 6.42 Å². The lowest BCUT2D eigenvalue weighted by atomic mass is 10.5. The van der Waals surface area contributed by atoms with Crippen LogP contribution in [0.3, 0.4) is 0 Å². The Morgan fingerprint density at radius 1 is 1.86 bits per heavy atom. The fourth-order valence-corrected chi connectivity index (χ4v) is 1.53. The van der Waals surface area contributed by atoms with Crippen molar-refractivity contribution in [1.29, 1.82) is 0 Å². The van der Waals surface area contributed by atoms with Crippen LogP contribution in [0.25, 0.3) is 0 Å². The van der Waals surface area contributed by atoms with Crippen LogP contribution in [0, 0.1) is 0 Å². The van der Waals surface area contributed by atoms with Crippen LogP contribution >= 0.6 is 34.6 Å². The van der Waals surface area contributed by atoms with E-state index in [9.17, 15) is 0 Å². The zero-order chi connectivity index (χ0) is 5.70. The lowest BCUT2D eigenvalue weighted by Gasteiger charge is -1.89. The predicted molar refractivity (Wildman–Crippen MR) is 45.3 cm³/mol. The van der Waals surface area contributed by atoms with Gasteiger partial charge in [0.2, 0.25) is 0 Å². The molecule has 42 valence electrons. The maximum absolute atomic E-state index is 3.97. The molecule has 0 aliphatic rings. The van der Waals surface area contributed by atoms with Crippen LogP contribution in [-0.2, 0) is 0 Å². The molecule has 0 aliphatic carbocycles. The van der Waals surface area contributed by atoms with Crippen molar-refractivity contribution in [3.05, 3.63) is 0 Å². The highest BCUT2D eigenvalue weighted by atomic mass is 127. The molecule has 0 rings (SSSR count). The van der Waals surface area contributed by atoms with E-state index in [2.05, 4.69) is 10.1 Å². The summed E-state index contributed by atoms with van der Waals surface area (Å²) in [6.45, 7) is 2.11. The second kappa shape index (κ2) is 4.90. The lowest BCUT2D eigenvalue weighted by molar-refractivity contribution is 1.32. The summed E-state index contributed by atoms with van der Waals surface area (Å²) in [5.41, 5.74) is 0. The fraction of sp³-hybridized carbons (Fsp3) is 0.750. The van der Waals surface area contributed by atoms with Crippen LogP contribution < -0.4 is 0 Å². The Labute approximate surface area is 62.5 Å². The first kappa shape index (κ1) is 7.75. The van der Waals surface area contributed by atoms with Crippen molar-refractivity contribution in [2.24, 2.45) is 3.21 Å². The molecule has 0 aliphatic heterocycles. The highest BCUT2D eigenvalue weighted by molar-refractivity contribution is 14.1. The van der Waals surface area contributed by atoms with Crippen molar-refractivity contribution in [2.45, 2.75) is 13.3 Å². The lowest BCUT2D eigenvalue weighted by Crippen LogP contribution is -1.82. The summed E-state index contributed by atoms with van der Waals surface area (Å²) in [5.74, 6) is 0. The van der Waals surface area contributed by atoms with Gasteiger partial charge in [0.05, 0.1) is 27.9 Å². The third-order valence-corrected chi connectivity index (χ3v) is 2.39. The molecule has 7 heavy (non-hydrogen) atoms. The molecule has 3 heteroatoms. The van der Waals surface area contributed by atoms with Gasteiger partial charge in [-0.15, -0.1) is 11.8 Å². The molecule has 1 nitrogen and oxygen atoms in total. The Hall–Kier alpha value is 0.750. The minimum atomic E-state index is 1.06. The van der Waals surface area contributed by atoms with Crippen LogP contribution in [0.5, 0.6) is 0 Å². The molecule has 0 radical (unpaired) electrons. The highest BCUT2D eigenvalue weighted by Gasteiger charge is 1.86. The Bertz CT molecular complexity index is 66.1. The van der Waals surface area contributed by atoms with Crippen molar-refractivity contribution in [3.63, 3.8) is 0 Å². The van der Waals surface area contributed by atoms with Gasteiger partial charge in [-0.1, -0.05) is 6.92 Å². The van der Waals surface area contributed by atoms with E-state index in [-0.39, 0.29) is 0 Å². The van der Waals surface area contributed by atoms with Crippen LogP contribution in [0.15, 0.2) is 3.21 Å². The Morgan fingerprint density at radius 3 is 2.43 bits per heavy atom. The van der Waals surface area contributed by atoms with E-state index >= 15 is 0 Å². The van der Waals surface area contributed by atoms with Crippen molar-refractivity contribution in [2.75, 3.05) is 6.26 Å². The molecule has 0 unspecified atom stereocenters. The Kier molecular flexibility index (Phi) is 5.42. The van der Waals surface area contributed by atoms with E-state index in [1.807, 2.05) is 29.1 Å². The van der Waals surface area contributed by atoms with Gasteiger partial charge in [0.1, 0.15) is 0 Å². The monoisotopic (exact) mass is 229 g/mol. The summed E-state index contributed by atoms with van der Waals surface area (Å²) >= 11 is 3.73. The van der Waals surface area contributed by atoms with Crippen molar-refractivity contribution >= 4 is 39.7 Å². The summed E-state index contributed by atoms with van der Waals surface area (Å²) in [4.78, 5) is 0. The van der Waals surface area contributed by atoms with E-state index in [0.29, 0.717) is 0 Å². The minimum absolute atomic E-state index is 1.06. The SMILES string of the molecule is CCC(=NI)SC. The fourth-order valence-electron chi connectivity index (χ4n) is 0.239. The normalized spacial score (nSPS) is 12.1. The Morgan fingerprint density at radius 2 is 2.43 bits per heavy atom. The summed E-state index contributed by atoms with van der Waals surface area (Å²) in [6, 6.07) is 0. The maximum atomic E-state index is 3.97. The number of hydrogen-bond donors (Lipinski definition) is 0. The molecule has 0 atom stereocenters. The van der Waals surface area contributed by atoms with E-state index in [4.69, 9.17) is 0 Å². The molecule has 0 saturated carbocycles. The van der Waals surface area contributed by atoms with Gasteiger partial charge >= 0.3 is 0 Å². The molecule has 0 spiro atoms. The molecule has 0 heterocycles. The molecule has 0 saturated heterocycles. The number of halogens is 1. The standard InChI is InChI=1S/C4H8INS/c1-3-4(6-5)7-2/h3H2,1-2H3. The average molecular weight is 229 g/mol. The molecule has 0 aromatic carbocycles. The molecule has 0 N–H and O–H groups in total. The molecule has 0 aromatic heterocycles. The maximum Gasteiger partial charge on any atom is 0.0840 e.